The fourth-order valence-electron chi connectivity index (χ4n) is 3.03. The van der Waals surface area contributed by atoms with Crippen LogP contribution in [0, 0.1) is 6.92 Å². The van der Waals surface area contributed by atoms with Gasteiger partial charge in [-0.1, -0.05) is 12.1 Å². The lowest BCUT2D eigenvalue weighted by Crippen LogP contribution is -2.26. The van der Waals surface area contributed by atoms with Crippen LogP contribution in [0.25, 0.3) is 11.0 Å². The molecule has 0 amide bonds. The van der Waals surface area contributed by atoms with Gasteiger partial charge in [0.25, 0.3) is 0 Å². The fourth-order valence-corrected chi connectivity index (χ4v) is 4.09. The van der Waals surface area contributed by atoms with Crippen LogP contribution in [0.1, 0.15) is 34.2 Å². The summed E-state index contributed by atoms with van der Waals surface area (Å²) in [5.41, 5.74) is 0.623. The number of ether oxygens (including phenoxy) is 1. The van der Waals surface area contributed by atoms with Crippen LogP contribution < -0.4 is 4.72 Å². The van der Waals surface area contributed by atoms with E-state index < -0.39 is 27.7 Å². The van der Waals surface area contributed by atoms with Crippen LogP contribution in [0.2, 0.25) is 0 Å². The number of carbonyl (C=O) groups is 1. The topological polar surface area (TPSA) is 85.6 Å². The minimum Gasteiger partial charge on any atom is -0.460 e. The SMILES string of the molecule is CCOC(=O)c1oc2ccc(S(=O)(=O)NCCc3ccc(C(F)(F)F)cc3)cc2c1C. The van der Waals surface area contributed by atoms with E-state index in [9.17, 15) is 26.4 Å². The summed E-state index contributed by atoms with van der Waals surface area (Å²) < 4.78 is 75.9. The van der Waals surface area contributed by atoms with Gasteiger partial charge in [0.2, 0.25) is 15.8 Å². The summed E-state index contributed by atoms with van der Waals surface area (Å²) in [7, 11) is -3.88. The molecular formula is C21H20F3NO5S. The molecular weight excluding hydrogens is 435 g/mol. The zero-order valence-corrected chi connectivity index (χ0v) is 17.6. The normalized spacial score (nSPS) is 12.3. The van der Waals surface area contributed by atoms with Gasteiger partial charge in [-0.05, 0) is 56.2 Å². The van der Waals surface area contributed by atoms with E-state index in [2.05, 4.69) is 4.72 Å². The van der Waals surface area contributed by atoms with Crippen LogP contribution in [0.15, 0.2) is 51.8 Å². The highest BCUT2D eigenvalue weighted by atomic mass is 32.2. The van der Waals surface area contributed by atoms with E-state index in [1.165, 1.54) is 30.3 Å². The maximum Gasteiger partial charge on any atom is 0.416 e. The Labute approximate surface area is 177 Å². The van der Waals surface area contributed by atoms with Gasteiger partial charge in [-0.15, -0.1) is 0 Å². The van der Waals surface area contributed by atoms with E-state index in [1.54, 1.807) is 13.8 Å². The first-order chi connectivity index (χ1) is 14.5. The Kier molecular flexibility index (Phi) is 6.42. The molecule has 0 aliphatic rings. The molecule has 0 aliphatic heterocycles. The summed E-state index contributed by atoms with van der Waals surface area (Å²) in [6.07, 6.45) is -4.20. The molecule has 10 heteroatoms. The Hall–Kier alpha value is -2.85. The average molecular weight is 455 g/mol. The van der Waals surface area contributed by atoms with Gasteiger partial charge in [0.05, 0.1) is 17.1 Å². The Morgan fingerprint density at radius 3 is 2.42 bits per heavy atom. The van der Waals surface area contributed by atoms with Gasteiger partial charge >= 0.3 is 12.1 Å². The summed E-state index contributed by atoms with van der Waals surface area (Å²) in [6, 6.07) is 8.75. The van der Waals surface area contributed by atoms with Crippen LogP contribution in [-0.4, -0.2) is 27.5 Å². The Balaban J connectivity index is 1.72. The molecule has 0 radical (unpaired) electrons. The standard InChI is InChI=1S/C21H20F3NO5S/c1-3-29-20(26)19-13(2)17-12-16(8-9-18(17)30-19)31(27,28)25-11-10-14-4-6-15(7-5-14)21(22,23)24/h4-9,12,25H,3,10-11H2,1-2H3. The number of rotatable bonds is 7. The van der Waals surface area contributed by atoms with Crippen LogP contribution >= 0.6 is 0 Å². The summed E-state index contributed by atoms with van der Waals surface area (Å²) >= 11 is 0. The lowest BCUT2D eigenvalue weighted by atomic mass is 10.1. The van der Waals surface area contributed by atoms with Crippen molar-refractivity contribution >= 4 is 27.0 Å². The Morgan fingerprint density at radius 1 is 1.13 bits per heavy atom. The first-order valence-corrected chi connectivity index (χ1v) is 10.9. The van der Waals surface area contributed by atoms with Crippen molar-refractivity contribution in [2.75, 3.05) is 13.2 Å². The van der Waals surface area contributed by atoms with E-state index in [0.29, 0.717) is 22.1 Å². The van der Waals surface area contributed by atoms with Crippen LogP contribution in [0.4, 0.5) is 13.2 Å². The van der Waals surface area contributed by atoms with Crippen molar-refractivity contribution in [1.82, 2.24) is 4.72 Å². The number of hydrogen-bond acceptors (Lipinski definition) is 5. The predicted octanol–water partition coefficient (Wildman–Crippen LogP) is 4.46. The number of benzene rings is 2. The number of fused-ring (bicyclic) bond motifs is 1. The summed E-state index contributed by atoms with van der Waals surface area (Å²) in [6.45, 7) is 3.48. The number of furan rings is 1. The van der Waals surface area contributed by atoms with Crippen molar-refractivity contribution in [3.63, 3.8) is 0 Å². The van der Waals surface area contributed by atoms with Gasteiger partial charge < -0.3 is 9.15 Å². The lowest BCUT2D eigenvalue weighted by Gasteiger charge is -2.09. The van der Waals surface area contributed by atoms with Crippen molar-refractivity contribution in [1.29, 1.82) is 0 Å². The number of sulfonamides is 1. The molecule has 3 aromatic rings. The van der Waals surface area contributed by atoms with Gasteiger partial charge in [-0.3, -0.25) is 0 Å². The maximum atomic E-state index is 12.6. The highest BCUT2D eigenvalue weighted by molar-refractivity contribution is 7.89. The second-order valence-electron chi connectivity index (χ2n) is 6.78. The smallest absolute Gasteiger partial charge is 0.416 e. The Morgan fingerprint density at radius 2 is 1.81 bits per heavy atom. The molecule has 0 aliphatic carbocycles. The molecule has 6 nitrogen and oxygen atoms in total. The number of nitrogens with one attached hydrogen (secondary N) is 1. The first kappa shape index (κ1) is 22.8. The van der Waals surface area contributed by atoms with E-state index in [-0.39, 0.29) is 30.2 Å². The number of alkyl halides is 3. The second-order valence-corrected chi connectivity index (χ2v) is 8.54. The molecule has 0 saturated carbocycles. The van der Waals surface area contributed by atoms with Gasteiger partial charge in [0.1, 0.15) is 5.58 Å². The predicted molar refractivity (Wildman–Crippen MR) is 107 cm³/mol. The monoisotopic (exact) mass is 455 g/mol. The fraction of sp³-hybridized carbons (Fsp3) is 0.286. The molecule has 1 N–H and O–H groups in total. The van der Waals surface area contributed by atoms with Gasteiger partial charge in [-0.25, -0.2) is 17.9 Å². The molecule has 166 valence electrons. The quantitative estimate of drug-likeness (QED) is 0.532. The molecule has 3 rings (SSSR count). The van der Waals surface area contributed by atoms with Crippen molar-refractivity contribution < 1.29 is 35.5 Å². The molecule has 0 atom stereocenters. The largest absolute Gasteiger partial charge is 0.460 e. The third-order valence-electron chi connectivity index (χ3n) is 4.67. The van der Waals surface area contributed by atoms with Gasteiger partial charge in [-0.2, -0.15) is 13.2 Å². The number of halogens is 3. The number of esters is 1. The zero-order chi connectivity index (χ0) is 22.8. The van der Waals surface area contributed by atoms with Gasteiger partial charge in [0, 0.05) is 17.5 Å². The van der Waals surface area contributed by atoms with Gasteiger partial charge in [0.15, 0.2) is 0 Å². The first-order valence-electron chi connectivity index (χ1n) is 9.39. The third kappa shape index (κ3) is 5.08. The molecule has 0 fully saturated rings. The van der Waals surface area contributed by atoms with Crippen molar-refractivity contribution in [2.45, 2.75) is 31.3 Å². The molecule has 0 spiro atoms. The number of carbonyl (C=O) groups excluding carboxylic acids is 1. The van der Waals surface area contributed by atoms with E-state index in [1.807, 2.05) is 0 Å². The number of aryl methyl sites for hydroxylation is 1. The highest BCUT2D eigenvalue weighted by Gasteiger charge is 2.30. The van der Waals surface area contributed by atoms with Crippen molar-refractivity contribution in [3.05, 3.63) is 64.9 Å². The molecule has 1 heterocycles. The lowest BCUT2D eigenvalue weighted by molar-refractivity contribution is -0.137. The second kappa shape index (κ2) is 8.72. The van der Waals surface area contributed by atoms with Crippen molar-refractivity contribution in [3.8, 4) is 0 Å². The zero-order valence-electron chi connectivity index (χ0n) is 16.7. The maximum absolute atomic E-state index is 12.6. The van der Waals surface area contributed by atoms with Crippen molar-refractivity contribution in [2.24, 2.45) is 0 Å². The van der Waals surface area contributed by atoms with Crippen LogP contribution in [0.3, 0.4) is 0 Å². The highest BCUT2D eigenvalue weighted by Crippen LogP contribution is 2.30. The molecule has 1 aromatic heterocycles. The van der Waals surface area contributed by atoms with Crippen LogP contribution in [-0.2, 0) is 27.4 Å². The molecule has 31 heavy (non-hydrogen) atoms. The molecule has 0 bridgehead atoms. The van der Waals surface area contributed by atoms with Crippen LogP contribution in [0.5, 0.6) is 0 Å². The van der Waals surface area contributed by atoms with E-state index in [0.717, 1.165) is 12.1 Å². The van der Waals surface area contributed by atoms with E-state index in [4.69, 9.17) is 9.15 Å². The Bertz CT molecular complexity index is 1200. The molecule has 0 unspecified atom stereocenters. The number of hydrogen-bond donors (Lipinski definition) is 1. The molecule has 0 saturated heterocycles. The minimum absolute atomic E-state index is 0.00415. The average Bonchev–Trinajstić information content (AvgIpc) is 3.04. The third-order valence-corrected chi connectivity index (χ3v) is 6.12. The summed E-state index contributed by atoms with van der Waals surface area (Å²) in [5, 5.41) is 0.466. The van der Waals surface area contributed by atoms with E-state index >= 15 is 0 Å². The summed E-state index contributed by atoms with van der Waals surface area (Å²) in [4.78, 5) is 11.9. The minimum atomic E-state index is -4.42. The molecule has 2 aromatic carbocycles. The summed E-state index contributed by atoms with van der Waals surface area (Å²) in [5.74, 6) is -0.614.